The van der Waals surface area contributed by atoms with Gasteiger partial charge in [0.05, 0.1) is 25.8 Å². The minimum atomic E-state index is -0.413. The first-order valence-corrected chi connectivity index (χ1v) is 6.99. The molecule has 0 spiro atoms. The minimum Gasteiger partial charge on any atom is -0.469 e. The summed E-state index contributed by atoms with van der Waals surface area (Å²) in [4.78, 5) is 27.1. The first kappa shape index (κ1) is 16.4. The summed E-state index contributed by atoms with van der Waals surface area (Å²) in [5, 5.41) is 8.07. The molecule has 0 aliphatic rings. The molecule has 1 rings (SSSR count). The lowest BCUT2D eigenvalue weighted by Crippen LogP contribution is -2.39. The molecular weight excluding hydrogens is 282 g/mol. The fraction of sp³-hybridized carbons (Fsp3) is 0.583. The van der Waals surface area contributed by atoms with Gasteiger partial charge in [-0.2, -0.15) is 0 Å². The zero-order valence-corrected chi connectivity index (χ0v) is 12.6. The van der Waals surface area contributed by atoms with Crippen molar-refractivity contribution >= 4 is 28.3 Å². The standard InChI is InChI=1S/C12H19N3O4S/c1-8(11(17)13-4-5-18-2)14-12-15-9(7-20-12)6-10(16)19-3/h7-8H,4-6H2,1-3H3,(H,13,17)(H,14,15). The van der Waals surface area contributed by atoms with E-state index in [1.807, 2.05) is 0 Å². The largest absolute Gasteiger partial charge is 0.469 e. The smallest absolute Gasteiger partial charge is 0.311 e. The molecule has 0 aromatic carbocycles. The number of methoxy groups -OCH3 is 2. The van der Waals surface area contributed by atoms with Crippen LogP contribution in [-0.4, -0.2) is 50.3 Å². The third kappa shape index (κ3) is 5.54. The van der Waals surface area contributed by atoms with Crippen molar-refractivity contribution in [3.05, 3.63) is 11.1 Å². The van der Waals surface area contributed by atoms with Crippen molar-refractivity contribution in [1.29, 1.82) is 0 Å². The highest BCUT2D eigenvalue weighted by Gasteiger charge is 2.14. The summed E-state index contributed by atoms with van der Waals surface area (Å²) in [6.45, 7) is 2.68. The van der Waals surface area contributed by atoms with Gasteiger partial charge in [0, 0.05) is 19.0 Å². The van der Waals surface area contributed by atoms with E-state index in [0.717, 1.165) is 0 Å². The van der Waals surface area contributed by atoms with Gasteiger partial charge in [0.1, 0.15) is 6.04 Å². The first-order valence-electron chi connectivity index (χ1n) is 6.11. The maximum atomic E-state index is 11.7. The molecule has 0 aliphatic carbocycles. The summed E-state index contributed by atoms with van der Waals surface area (Å²) < 4.78 is 9.42. The van der Waals surface area contributed by atoms with Gasteiger partial charge >= 0.3 is 5.97 Å². The molecule has 112 valence electrons. The van der Waals surface area contributed by atoms with Crippen LogP contribution in [0.3, 0.4) is 0 Å². The van der Waals surface area contributed by atoms with E-state index in [9.17, 15) is 9.59 Å². The van der Waals surface area contributed by atoms with Crippen molar-refractivity contribution in [2.24, 2.45) is 0 Å². The third-order valence-electron chi connectivity index (χ3n) is 2.44. The van der Waals surface area contributed by atoms with E-state index in [0.29, 0.717) is 24.0 Å². The van der Waals surface area contributed by atoms with Crippen LogP contribution in [0, 0.1) is 0 Å². The molecule has 0 bridgehead atoms. The van der Waals surface area contributed by atoms with Crippen LogP contribution >= 0.6 is 11.3 Å². The van der Waals surface area contributed by atoms with Crippen molar-refractivity contribution in [1.82, 2.24) is 10.3 Å². The van der Waals surface area contributed by atoms with Crippen LogP contribution in [0.4, 0.5) is 5.13 Å². The highest BCUT2D eigenvalue weighted by molar-refractivity contribution is 7.13. The zero-order chi connectivity index (χ0) is 15.0. The van der Waals surface area contributed by atoms with Gasteiger partial charge in [-0.25, -0.2) is 4.98 Å². The van der Waals surface area contributed by atoms with Crippen molar-refractivity contribution in [2.45, 2.75) is 19.4 Å². The molecule has 20 heavy (non-hydrogen) atoms. The van der Waals surface area contributed by atoms with E-state index < -0.39 is 6.04 Å². The van der Waals surface area contributed by atoms with E-state index in [1.165, 1.54) is 18.4 Å². The number of nitrogens with one attached hydrogen (secondary N) is 2. The fourth-order valence-corrected chi connectivity index (χ4v) is 2.15. The zero-order valence-electron chi connectivity index (χ0n) is 11.8. The van der Waals surface area contributed by atoms with Gasteiger partial charge in [0.25, 0.3) is 0 Å². The van der Waals surface area contributed by atoms with Crippen LogP contribution in [0.15, 0.2) is 5.38 Å². The number of amides is 1. The van der Waals surface area contributed by atoms with Crippen molar-refractivity contribution < 1.29 is 19.1 Å². The van der Waals surface area contributed by atoms with E-state index >= 15 is 0 Å². The lowest BCUT2D eigenvalue weighted by Gasteiger charge is -2.12. The summed E-state index contributed by atoms with van der Waals surface area (Å²) in [6, 6.07) is -0.413. The SMILES string of the molecule is COCCNC(=O)C(C)Nc1nc(CC(=O)OC)cs1. The monoisotopic (exact) mass is 301 g/mol. The Morgan fingerprint density at radius 3 is 2.85 bits per heavy atom. The Bertz CT molecular complexity index is 450. The number of carbonyl (C=O) groups excluding carboxylic acids is 2. The van der Waals surface area contributed by atoms with Gasteiger partial charge < -0.3 is 20.1 Å². The molecule has 0 saturated heterocycles. The number of ether oxygens (including phenoxy) is 2. The van der Waals surface area contributed by atoms with Gasteiger partial charge in [0.15, 0.2) is 5.13 Å². The van der Waals surface area contributed by atoms with E-state index in [-0.39, 0.29) is 18.3 Å². The molecule has 7 nitrogen and oxygen atoms in total. The normalized spacial score (nSPS) is 11.8. The summed E-state index contributed by atoms with van der Waals surface area (Å²) in [5.41, 5.74) is 0.622. The maximum absolute atomic E-state index is 11.7. The summed E-state index contributed by atoms with van der Waals surface area (Å²) >= 11 is 1.34. The predicted molar refractivity (Wildman–Crippen MR) is 75.8 cm³/mol. The van der Waals surface area contributed by atoms with Gasteiger partial charge in [-0.15, -0.1) is 11.3 Å². The Balaban J connectivity index is 2.43. The van der Waals surface area contributed by atoms with E-state index in [1.54, 1.807) is 19.4 Å². The second-order valence-electron chi connectivity index (χ2n) is 4.05. The average molecular weight is 301 g/mol. The minimum absolute atomic E-state index is 0.128. The second-order valence-corrected chi connectivity index (χ2v) is 4.90. The number of hydrogen-bond donors (Lipinski definition) is 2. The second kappa shape index (κ2) is 8.49. The Labute approximate surface area is 121 Å². The molecule has 0 aliphatic heterocycles. The molecule has 1 unspecified atom stereocenters. The van der Waals surface area contributed by atoms with Gasteiger partial charge in [-0.1, -0.05) is 0 Å². The molecule has 0 radical (unpaired) electrons. The lowest BCUT2D eigenvalue weighted by molar-refractivity contribution is -0.139. The number of hydrogen-bond acceptors (Lipinski definition) is 7. The third-order valence-corrected chi connectivity index (χ3v) is 3.27. The molecular formula is C12H19N3O4S. The summed E-state index contributed by atoms with van der Waals surface area (Å²) in [6.07, 6.45) is 0.128. The van der Waals surface area contributed by atoms with Crippen LogP contribution < -0.4 is 10.6 Å². The van der Waals surface area contributed by atoms with Gasteiger partial charge in [-0.05, 0) is 6.92 Å². The first-order chi connectivity index (χ1) is 9.56. The highest BCUT2D eigenvalue weighted by Crippen LogP contribution is 2.17. The molecule has 1 atom stereocenters. The number of carbonyl (C=O) groups is 2. The van der Waals surface area contributed by atoms with Crippen LogP contribution in [0.1, 0.15) is 12.6 Å². The van der Waals surface area contributed by atoms with Crippen LogP contribution in [0.2, 0.25) is 0 Å². The number of anilines is 1. The molecule has 1 aromatic heterocycles. The molecule has 0 fully saturated rings. The van der Waals surface area contributed by atoms with Gasteiger partial charge in [0.2, 0.25) is 5.91 Å². The lowest BCUT2D eigenvalue weighted by atomic mass is 10.3. The Kier molecular flexibility index (Phi) is 6.96. The predicted octanol–water partition coefficient (Wildman–Crippen LogP) is 0.422. The Hall–Kier alpha value is -1.67. The number of rotatable bonds is 8. The van der Waals surface area contributed by atoms with Gasteiger partial charge in [-0.3, -0.25) is 9.59 Å². The highest BCUT2D eigenvalue weighted by atomic mass is 32.1. The molecule has 2 N–H and O–H groups in total. The summed E-state index contributed by atoms with van der Waals surface area (Å²) in [5.74, 6) is -0.473. The Morgan fingerprint density at radius 1 is 1.45 bits per heavy atom. The number of nitrogens with zero attached hydrogens (tertiary/aromatic N) is 1. The number of thiazole rings is 1. The number of esters is 1. The van der Waals surface area contributed by atoms with E-state index in [4.69, 9.17) is 4.74 Å². The molecule has 0 saturated carbocycles. The maximum Gasteiger partial charge on any atom is 0.311 e. The molecule has 8 heteroatoms. The van der Waals surface area contributed by atoms with Crippen molar-refractivity contribution in [3.63, 3.8) is 0 Å². The van der Waals surface area contributed by atoms with Crippen LogP contribution in [-0.2, 0) is 25.5 Å². The quantitative estimate of drug-likeness (QED) is 0.534. The Morgan fingerprint density at radius 2 is 2.20 bits per heavy atom. The fourth-order valence-electron chi connectivity index (χ4n) is 1.35. The van der Waals surface area contributed by atoms with Crippen molar-refractivity contribution in [3.8, 4) is 0 Å². The number of aromatic nitrogens is 1. The molecule has 1 amide bonds. The summed E-state index contributed by atoms with van der Waals surface area (Å²) in [7, 11) is 2.91. The van der Waals surface area contributed by atoms with Crippen molar-refractivity contribution in [2.75, 3.05) is 32.7 Å². The molecule has 1 aromatic rings. The van der Waals surface area contributed by atoms with E-state index in [2.05, 4.69) is 20.4 Å². The molecule has 1 heterocycles. The van der Waals surface area contributed by atoms with Crippen LogP contribution in [0.5, 0.6) is 0 Å². The average Bonchev–Trinajstić information content (AvgIpc) is 2.85. The van der Waals surface area contributed by atoms with Crippen LogP contribution in [0.25, 0.3) is 0 Å². The topological polar surface area (TPSA) is 89.5 Å².